The molecule has 2 aliphatic heterocycles. The Morgan fingerprint density at radius 3 is 2.96 bits per heavy atom. The fourth-order valence-electron chi connectivity index (χ4n) is 2.94. The van der Waals surface area contributed by atoms with Crippen molar-refractivity contribution in [1.29, 1.82) is 0 Å². The molecule has 0 amide bonds. The van der Waals surface area contributed by atoms with Crippen LogP contribution in [0, 0.1) is 0 Å². The fourth-order valence-corrected chi connectivity index (χ4v) is 4.21. The number of benzene rings is 1. The number of fused-ring (bicyclic) bond motifs is 1. The summed E-state index contributed by atoms with van der Waals surface area (Å²) in [5.41, 5.74) is 0.904. The number of nitrogens with zero attached hydrogens (tertiary/aromatic N) is 1. The second-order valence-corrected chi connectivity index (χ2v) is 7.89. The summed E-state index contributed by atoms with van der Waals surface area (Å²) >= 11 is 0. The van der Waals surface area contributed by atoms with Crippen LogP contribution in [0.15, 0.2) is 37.0 Å². The number of rotatable bonds is 6. The molecule has 24 heavy (non-hydrogen) atoms. The highest BCUT2D eigenvalue weighted by Gasteiger charge is 2.51. The van der Waals surface area contributed by atoms with E-state index in [0.29, 0.717) is 11.8 Å². The third kappa shape index (κ3) is 3.90. The van der Waals surface area contributed by atoms with Gasteiger partial charge in [-0.2, -0.15) is 4.89 Å². The predicted molar refractivity (Wildman–Crippen MR) is 92.0 cm³/mol. The molecule has 0 radical (unpaired) electrons. The lowest BCUT2D eigenvalue weighted by Gasteiger charge is -2.30. The van der Waals surface area contributed by atoms with Gasteiger partial charge in [-0.3, -0.25) is 4.52 Å². The minimum Gasteiger partial charge on any atom is -0.353 e. The summed E-state index contributed by atoms with van der Waals surface area (Å²) in [6, 6.07) is 7.79. The van der Waals surface area contributed by atoms with Crippen molar-refractivity contribution in [3.63, 3.8) is 0 Å². The molecule has 3 atom stereocenters. The molecule has 1 fully saturated rings. The first-order valence-corrected chi connectivity index (χ1v) is 9.74. The normalized spacial score (nSPS) is 29.2. The zero-order valence-corrected chi connectivity index (χ0v) is 15.0. The molecule has 132 valence electrons. The van der Waals surface area contributed by atoms with E-state index in [1.807, 2.05) is 24.4 Å². The second-order valence-electron chi connectivity index (χ2n) is 6.25. The second kappa shape index (κ2) is 7.38. The molecule has 1 saturated heterocycles. The zero-order chi connectivity index (χ0) is 17.2. The summed E-state index contributed by atoms with van der Waals surface area (Å²) in [6.45, 7) is 8.57. The van der Waals surface area contributed by atoms with Crippen molar-refractivity contribution in [1.82, 2.24) is 4.90 Å². The molecule has 1 aromatic carbocycles. The van der Waals surface area contributed by atoms with Crippen LogP contribution in [-0.2, 0) is 20.4 Å². The maximum atomic E-state index is 10.5. The Balaban J connectivity index is 1.53. The molecule has 7 heteroatoms. The lowest BCUT2D eigenvalue weighted by Crippen LogP contribution is -2.36. The first-order chi connectivity index (χ1) is 11.5. The third-order valence-corrected chi connectivity index (χ3v) is 5.58. The van der Waals surface area contributed by atoms with Crippen LogP contribution in [0.3, 0.4) is 0 Å². The van der Waals surface area contributed by atoms with E-state index >= 15 is 0 Å². The molecule has 3 rings (SSSR count). The number of ether oxygens (including phenoxy) is 1. The Kier molecular flexibility index (Phi) is 5.42. The standard InChI is InChI=1S/C17H25NO5P/c1-4-18(13(2)3)17-10-9-15(22-17)12-21-24(19)20-11-14-7-5-6-8-16(14)23-24/h4-8,13,15,17,19H,1,9-12H2,2-3H3/q+1. The van der Waals surface area contributed by atoms with Crippen LogP contribution in [0.4, 0.5) is 0 Å². The topological polar surface area (TPSA) is 60.4 Å². The van der Waals surface area contributed by atoms with Crippen LogP contribution in [0.25, 0.3) is 0 Å². The highest BCUT2D eigenvalue weighted by atomic mass is 31.2. The van der Waals surface area contributed by atoms with Crippen LogP contribution in [0.1, 0.15) is 32.3 Å². The highest BCUT2D eigenvalue weighted by molar-refractivity contribution is 7.55. The number of hydrogen-bond donors (Lipinski definition) is 1. The van der Waals surface area contributed by atoms with Crippen LogP contribution < -0.4 is 4.52 Å². The van der Waals surface area contributed by atoms with Gasteiger partial charge in [-0.25, -0.2) is 0 Å². The van der Waals surface area contributed by atoms with Crippen LogP contribution in [0.5, 0.6) is 5.75 Å². The smallest absolute Gasteiger partial charge is 0.353 e. The Labute approximate surface area is 143 Å². The summed E-state index contributed by atoms with van der Waals surface area (Å²) in [5, 5.41) is 0. The molecule has 2 heterocycles. The molecule has 2 aliphatic rings. The zero-order valence-electron chi connectivity index (χ0n) is 14.1. The molecule has 1 N–H and O–H groups in total. The van der Waals surface area contributed by atoms with E-state index in [9.17, 15) is 4.89 Å². The van der Waals surface area contributed by atoms with Crippen LogP contribution in [-0.4, -0.2) is 34.8 Å². The molecule has 0 aliphatic carbocycles. The first kappa shape index (κ1) is 17.6. The van der Waals surface area contributed by atoms with Crippen molar-refractivity contribution in [2.24, 2.45) is 0 Å². The molecule has 0 bridgehead atoms. The molecule has 0 spiro atoms. The Morgan fingerprint density at radius 1 is 1.42 bits per heavy atom. The first-order valence-electron chi connectivity index (χ1n) is 8.24. The van der Waals surface area contributed by atoms with Crippen molar-refractivity contribution in [3.05, 3.63) is 42.6 Å². The molecular weight excluding hydrogens is 329 g/mol. The predicted octanol–water partition coefficient (Wildman–Crippen LogP) is 3.64. The molecule has 1 aromatic rings. The maximum Gasteiger partial charge on any atom is 0.619 e. The molecule has 0 aromatic heterocycles. The van der Waals surface area contributed by atoms with Gasteiger partial charge in [0.2, 0.25) is 0 Å². The molecule has 3 unspecified atom stereocenters. The summed E-state index contributed by atoms with van der Waals surface area (Å²) < 4.78 is 22.6. The molecular formula is C17H25NO5P+. The largest absolute Gasteiger partial charge is 0.619 e. The van der Waals surface area contributed by atoms with Gasteiger partial charge in [0.25, 0.3) is 0 Å². The minimum atomic E-state index is -3.33. The lowest BCUT2D eigenvalue weighted by atomic mass is 10.2. The number of para-hydroxylation sites is 1. The summed E-state index contributed by atoms with van der Waals surface area (Å²) in [6.07, 6.45) is 3.48. The van der Waals surface area contributed by atoms with Crippen molar-refractivity contribution in [2.45, 2.75) is 51.7 Å². The van der Waals surface area contributed by atoms with Gasteiger partial charge >= 0.3 is 8.17 Å². The molecule has 0 saturated carbocycles. The van der Waals surface area contributed by atoms with E-state index in [1.54, 1.807) is 6.07 Å². The van der Waals surface area contributed by atoms with Gasteiger partial charge in [0, 0.05) is 11.6 Å². The van der Waals surface area contributed by atoms with Gasteiger partial charge in [-0.05, 0) is 39.0 Å². The highest BCUT2D eigenvalue weighted by Crippen LogP contribution is 2.61. The summed E-state index contributed by atoms with van der Waals surface area (Å²) in [4.78, 5) is 12.5. The van der Waals surface area contributed by atoms with E-state index in [2.05, 4.69) is 25.3 Å². The number of hydrogen-bond acceptors (Lipinski definition) is 6. The average molecular weight is 354 g/mol. The van der Waals surface area contributed by atoms with Gasteiger partial charge in [0.05, 0.1) is 6.10 Å². The van der Waals surface area contributed by atoms with Crippen molar-refractivity contribution in [2.75, 3.05) is 6.61 Å². The van der Waals surface area contributed by atoms with Gasteiger partial charge in [-0.1, -0.05) is 24.8 Å². The van der Waals surface area contributed by atoms with Gasteiger partial charge < -0.3 is 9.64 Å². The lowest BCUT2D eigenvalue weighted by molar-refractivity contribution is -0.0616. The van der Waals surface area contributed by atoms with Gasteiger partial charge in [-0.15, -0.1) is 9.05 Å². The SMILES string of the molecule is C=CN(C(C)C)C1CCC(CO[P+]2(O)OCc3ccccc3O2)O1. The maximum absolute atomic E-state index is 10.5. The van der Waals surface area contributed by atoms with Crippen molar-refractivity contribution < 1.29 is 23.2 Å². The van der Waals surface area contributed by atoms with Crippen molar-refractivity contribution in [3.8, 4) is 5.75 Å². The Bertz CT molecular complexity index is 584. The van der Waals surface area contributed by atoms with E-state index in [1.165, 1.54) is 0 Å². The van der Waals surface area contributed by atoms with E-state index in [0.717, 1.165) is 18.4 Å². The van der Waals surface area contributed by atoms with Gasteiger partial charge in [0.15, 0.2) is 5.75 Å². The monoisotopic (exact) mass is 354 g/mol. The van der Waals surface area contributed by atoms with E-state index in [4.69, 9.17) is 18.3 Å². The third-order valence-electron chi connectivity index (χ3n) is 4.22. The van der Waals surface area contributed by atoms with Crippen LogP contribution >= 0.6 is 8.17 Å². The van der Waals surface area contributed by atoms with Crippen molar-refractivity contribution >= 4 is 8.17 Å². The fraction of sp³-hybridized carbons (Fsp3) is 0.529. The van der Waals surface area contributed by atoms with E-state index < -0.39 is 8.17 Å². The summed E-state index contributed by atoms with van der Waals surface area (Å²) in [7, 11) is -3.33. The summed E-state index contributed by atoms with van der Waals surface area (Å²) in [5.74, 6) is 0.613. The van der Waals surface area contributed by atoms with Gasteiger partial charge in [0.1, 0.15) is 19.4 Å². The Hall–Kier alpha value is -1.17. The van der Waals surface area contributed by atoms with E-state index in [-0.39, 0.29) is 25.5 Å². The van der Waals surface area contributed by atoms with Crippen LogP contribution in [0.2, 0.25) is 0 Å². The quantitative estimate of drug-likeness (QED) is 0.787. The average Bonchev–Trinajstić information content (AvgIpc) is 3.02. The minimum absolute atomic E-state index is 0.00186. The molecule has 6 nitrogen and oxygen atoms in total. The Morgan fingerprint density at radius 2 is 2.21 bits per heavy atom.